The van der Waals surface area contributed by atoms with Gasteiger partial charge in [-0.05, 0) is 26.5 Å². The topological polar surface area (TPSA) is 30.5 Å². The molecule has 1 heterocycles. The molecule has 0 spiro atoms. The number of hydrogen-bond donors (Lipinski definition) is 1. The van der Waals surface area contributed by atoms with E-state index >= 15 is 0 Å². The number of methoxy groups -OCH3 is 1. The third kappa shape index (κ3) is 2.38. The minimum absolute atomic E-state index is 0.204. The molecule has 1 aromatic carbocycles. The van der Waals surface area contributed by atoms with Gasteiger partial charge in [0.2, 0.25) is 0 Å². The first kappa shape index (κ1) is 13.4. The average Bonchev–Trinajstić information content (AvgIpc) is 2.38. The van der Waals surface area contributed by atoms with Crippen molar-refractivity contribution >= 4 is 0 Å². The maximum Gasteiger partial charge on any atom is 0.134 e. The Bertz CT molecular complexity index is 419. The summed E-state index contributed by atoms with van der Waals surface area (Å²) in [5, 5.41) is 3.40. The van der Waals surface area contributed by atoms with E-state index < -0.39 is 0 Å². The zero-order chi connectivity index (χ0) is 13.2. The largest absolute Gasteiger partial charge is 0.484 e. The number of nitrogens with one attached hydrogen (secondary N) is 1. The lowest BCUT2D eigenvalue weighted by atomic mass is 9.85. The summed E-state index contributed by atoms with van der Waals surface area (Å²) in [5.41, 5.74) is 2.33. The fourth-order valence-electron chi connectivity index (χ4n) is 2.72. The number of fused-ring (bicyclic) bond motifs is 1. The van der Waals surface area contributed by atoms with Crippen molar-refractivity contribution in [3.05, 3.63) is 29.3 Å². The van der Waals surface area contributed by atoms with Gasteiger partial charge in [-0.2, -0.15) is 0 Å². The summed E-state index contributed by atoms with van der Waals surface area (Å²) in [6.45, 7) is 4.91. The van der Waals surface area contributed by atoms with Gasteiger partial charge in [0.05, 0.1) is 6.61 Å². The number of ether oxygens (including phenoxy) is 2. The van der Waals surface area contributed by atoms with Gasteiger partial charge in [0.15, 0.2) is 0 Å². The van der Waals surface area contributed by atoms with E-state index in [-0.39, 0.29) is 5.60 Å². The monoisotopic (exact) mass is 249 g/mol. The van der Waals surface area contributed by atoms with Gasteiger partial charge in [-0.25, -0.2) is 0 Å². The Kier molecular flexibility index (Phi) is 3.93. The number of hydrogen-bond acceptors (Lipinski definition) is 3. The van der Waals surface area contributed by atoms with E-state index in [0.717, 1.165) is 18.6 Å². The maximum atomic E-state index is 6.23. The van der Waals surface area contributed by atoms with Crippen LogP contribution >= 0.6 is 0 Å². The number of rotatable bonds is 4. The smallest absolute Gasteiger partial charge is 0.134 e. The number of aryl methyl sites for hydroxylation is 1. The van der Waals surface area contributed by atoms with Gasteiger partial charge in [0.25, 0.3) is 0 Å². The van der Waals surface area contributed by atoms with Crippen LogP contribution in [0, 0.1) is 6.92 Å². The van der Waals surface area contributed by atoms with Crippen molar-refractivity contribution in [3.8, 4) is 5.75 Å². The first-order valence-electron chi connectivity index (χ1n) is 6.60. The highest BCUT2D eigenvalue weighted by Crippen LogP contribution is 2.41. The molecule has 2 unspecified atom stereocenters. The molecule has 0 aromatic heterocycles. The highest BCUT2D eigenvalue weighted by Gasteiger charge is 2.39. The Morgan fingerprint density at radius 2 is 2.28 bits per heavy atom. The van der Waals surface area contributed by atoms with Crippen LogP contribution in [0.1, 0.15) is 36.9 Å². The predicted octanol–water partition coefficient (Wildman–Crippen LogP) is 2.83. The first-order valence-corrected chi connectivity index (χ1v) is 6.60. The second-order valence-corrected chi connectivity index (χ2v) is 5.16. The predicted molar refractivity (Wildman–Crippen MR) is 73.1 cm³/mol. The fraction of sp³-hybridized carbons (Fsp3) is 0.600. The van der Waals surface area contributed by atoms with Gasteiger partial charge < -0.3 is 14.8 Å². The van der Waals surface area contributed by atoms with E-state index in [9.17, 15) is 0 Å². The summed E-state index contributed by atoms with van der Waals surface area (Å²) in [7, 11) is 3.75. The van der Waals surface area contributed by atoms with Crippen molar-refractivity contribution in [2.75, 3.05) is 20.8 Å². The van der Waals surface area contributed by atoms with Crippen molar-refractivity contribution < 1.29 is 9.47 Å². The molecule has 0 radical (unpaired) electrons. The minimum atomic E-state index is -0.204. The van der Waals surface area contributed by atoms with Crippen LogP contribution in [0.5, 0.6) is 5.75 Å². The Morgan fingerprint density at radius 3 is 2.89 bits per heavy atom. The van der Waals surface area contributed by atoms with Crippen molar-refractivity contribution in [2.45, 2.75) is 38.3 Å². The molecule has 1 aromatic rings. The normalized spacial score (nSPS) is 26.6. The summed E-state index contributed by atoms with van der Waals surface area (Å²) in [4.78, 5) is 0. The molecular weight excluding hydrogens is 226 g/mol. The molecule has 3 heteroatoms. The van der Waals surface area contributed by atoms with E-state index in [0.29, 0.717) is 12.6 Å². The van der Waals surface area contributed by atoms with Crippen LogP contribution in [0.2, 0.25) is 0 Å². The molecule has 0 fully saturated rings. The second-order valence-electron chi connectivity index (χ2n) is 5.16. The van der Waals surface area contributed by atoms with Crippen LogP contribution in [0.3, 0.4) is 0 Å². The molecule has 100 valence electrons. The Hall–Kier alpha value is -1.06. The SMILES string of the molecule is CCC1(COC)CC(NC)c2cc(C)ccc2O1. The molecule has 2 rings (SSSR count). The molecule has 0 bridgehead atoms. The molecule has 2 atom stereocenters. The average molecular weight is 249 g/mol. The lowest BCUT2D eigenvalue weighted by Crippen LogP contribution is -2.46. The lowest BCUT2D eigenvalue weighted by Gasteiger charge is -2.41. The zero-order valence-electron chi connectivity index (χ0n) is 11.7. The van der Waals surface area contributed by atoms with Crippen LogP contribution in [0.15, 0.2) is 18.2 Å². The van der Waals surface area contributed by atoms with Gasteiger partial charge in [0, 0.05) is 25.1 Å². The standard InChI is InChI=1S/C15H23NO2/c1-5-15(10-17-4)9-13(16-3)12-8-11(2)6-7-14(12)18-15/h6-8,13,16H,5,9-10H2,1-4H3. The summed E-state index contributed by atoms with van der Waals surface area (Å²) >= 11 is 0. The van der Waals surface area contributed by atoms with Crippen LogP contribution in [-0.4, -0.2) is 26.4 Å². The van der Waals surface area contributed by atoms with Gasteiger partial charge in [-0.15, -0.1) is 0 Å². The quantitative estimate of drug-likeness (QED) is 0.890. The van der Waals surface area contributed by atoms with Gasteiger partial charge >= 0.3 is 0 Å². The van der Waals surface area contributed by atoms with Crippen LogP contribution in [-0.2, 0) is 4.74 Å². The molecule has 0 amide bonds. The Balaban J connectivity index is 2.38. The van der Waals surface area contributed by atoms with E-state index in [1.807, 2.05) is 7.05 Å². The molecule has 3 nitrogen and oxygen atoms in total. The minimum Gasteiger partial charge on any atom is -0.484 e. The molecule has 0 saturated carbocycles. The van der Waals surface area contributed by atoms with Crippen molar-refractivity contribution in [2.24, 2.45) is 0 Å². The Morgan fingerprint density at radius 1 is 1.50 bits per heavy atom. The third-order valence-corrected chi connectivity index (χ3v) is 3.84. The van der Waals surface area contributed by atoms with Crippen molar-refractivity contribution in [3.63, 3.8) is 0 Å². The van der Waals surface area contributed by atoms with Crippen molar-refractivity contribution in [1.82, 2.24) is 5.32 Å². The molecular formula is C15H23NO2. The van der Waals surface area contributed by atoms with E-state index in [4.69, 9.17) is 9.47 Å². The van der Waals surface area contributed by atoms with Gasteiger partial charge in [0.1, 0.15) is 11.4 Å². The zero-order valence-corrected chi connectivity index (χ0v) is 11.7. The molecule has 0 aliphatic carbocycles. The van der Waals surface area contributed by atoms with E-state index in [1.54, 1.807) is 7.11 Å². The summed E-state index contributed by atoms with van der Waals surface area (Å²) in [5.74, 6) is 0.991. The summed E-state index contributed by atoms with van der Waals surface area (Å²) in [6.07, 6.45) is 1.90. The fourth-order valence-corrected chi connectivity index (χ4v) is 2.72. The van der Waals surface area contributed by atoms with Gasteiger partial charge in [-0.3, -0.25) is 0 Å². The highest BCUT2D eigenvalue weighted by atomic mass is 16.5. The second kappa shape index (κ2) is 5.29. The molecule has 1 aliphatic heterocycles. The van der Waals surface area contributed by atoms with Crippen LogP contribution in [0.25, 0.3) is 0 Å². The molecule has 18 heavy (non-hydrogen) atoms. The number of benzene rings is 1. The highest BCUT2D eigenvalue weighted by molar-refractivity contribution is 5.41. The lowest BCUT2D eigenvalue weighted by molar-refractivity contribution is -0.0364. The molecule has 1 N–H and O–H groups in total. The summed E-state index contributed by atoms with van der Waals surface area (Å²) < 4.78 is 11.6. The molecule has 1 aliphatic rings. The third-order valence-electron chi connectivity index (χ3n) is 3.84. The molecule has 0 saturated heterocycles. The van der Waals surface area contributed by atoms with E-state index in [1.165, 1.54) is 11.1 Å². The van der Waals surface area contributed by atoms with E-state index in [2.05, 4.69) is 37.4 Å². The van der Waals surface area contributed by atoms with Crippen LogP contribution in [0.4, 0.5) is 0 Å². The summed E-state index contributed by atoms with van der Waals surface area (Å²) in [6, 6.07) is 6.73. The van der Waals surface area contributed by atoms with Crippen molar-refractivity contribution in [1.29, 1.82) is 0 Å². The first-order chi connectivity index (χ1) is 8.64. The Labute approximate surface area is 109 Å². The maximum absolute atomic E-state index is 6.23. The van der Waals surface area contributed by atoms with Crippen LogP contribution < -0.4 is 10.1 Å². The van der Waals surface area contributed by atoms with Gasteiger partial charge in [-0.1, -0.05) is 24.6 Å².